The van der Waals surface area contributed by atoms with Gasteiger partial charge >= 0.3 is 5.97 Å². The van der Waals surface area contributed by atoms with E-state index in [0.717, 1.165) is 11.1 Å². The van der Waals surface area contributed by atoms with Gasteiger partial charge in [-0.25, -0.2) is 0 Å². The summed E-state index contributed by atoms with van der Waals surface area (Å²) < 4.78 is 11.0. The molecule has 1 aromatic rings. The zero-order valence-corrected chi connectivity index (χ0v) is 12.2. The number of rotatable bonds is 3. The molecule has 3 nitrogen and oxygen atoms in total. The van der Waals surface area contributed by atoms with Gasteiger partial charge in [-0.05, 0) is 24.5 Å². The van der Waals surface area contributed by atoms with E-state index < -0.39 is 11.2 Å². The summed E-state index contributed by atoms with van der Waals surface area (Å²) in [6.45, 7) is 12.8. The van der Waals surface area contributed by atoms with Gasteiger partial charge < -0.3 is 9.47 Å². The standard InChI is InChI=1S/C17H20O3/c1-6-13-7-9-14(10-8-13)11-17(5)12(2)19-16(3,4)20-15(17)18/h6-10H,1-2,11H2,3-5H3. The Morgan fingerprint density at radius 3 is 2.25 bits per heavy atom. The summed E-state index contributed by atoms with van der Waals surface area (Å²) in [5.74, 6) is -0.793. The number of cyclic esters (lactones) is 1. The van der Waals surface area contributed by atoms with E-state index in [1.165, 1.54) is 0 Å². The van der Waals surface area contributed by atoms with Crippen LogP contribution >= 0.6 is 0 Å². The first-order valence-corrected chi connectivity index (χ1v) is 6.60. The second-order valence-corrected chi connectivity index (χ2v) is 5.77. The van der Waals surface area contributed by atoms with Crippen LogP contribution in [0.25, 0.3) is 6.08 Å². The fraction of sp³-hybridized carbons (Fsp3) is 0.353. The number of carbonyl (C=O) groups is 1. The second kappa shape index (κ2) is 4.82. The smallest absolute Gasteiger partial charge is 0.323 e. The molecule has 2 rings (SSSR count). The van der Waals surface area contributed by atoms with E-state index in [1.807, 2.05) is 24.3 Å². The van der Waals surface area contributed by atoms with Crippen LogP contribution in [0, 0.1) is 5.41 Å². The molecule has 0 aromatic heterocycles. The minimum atomic E-state index is -0.944. The number of carbonyl (C=O) groups excluding carboxylic acids is 1. The van der Waals surface area contributed by atoms with Crippen LogP contribution < -0.4 is 0 Å². The lowest BCUT2D eigenvalue weighted by Gasteiger charge is -2.41. The van der Waals surface area contributed by atoms with Crippen LogP contribution in [0.4, 0.5) is 0 Å². The van der Waals surface area contributed by atoms with Gasteiger partial charge in [-0.3, -0.25) is 4.79 Å². The van der Waals surface area contributed by atoms with Crippen LogP contribution in [0.15, 0.2) is 43.2 Å². The van der Waals surface area contributed by atoms with Gasteiger partial charge in [0.1, 0.15) is 11.2 Å². The SMILES string of the molecule is C=Cc1ccc(CC2(C)C(=C)OC(C)(C)OC2=O)cc1. The van der Waals surface area contributed by atoms with Crippen molar-refractivity contribution in [2.75, 3.05) is 0 Å². The molecule has 1 fully saturated rings. The molecule has 1 aliphatic heterocycles. The topological polar surface area (TPSA) is 35.5 Å². The average molecular weight is 272 g/mol. The Hall–Kier alpha value is -2.03. The molecule has 1 atom stereocenters. The van der Waals surface area contributed by atoms with Crippen LogP contribution in [0.5, 0.6) is 0 Å². The van der Waals surface area contributed by atoms with Gasteiger partial charge in [0.2, 0.25) is 5.79 Å². The highest BCUT2D eigenvalue weighted by molar-refractivity contribution is 5.81. The predicted octanol–water partition coefficient (Wildman–Crippen LogP) is 3.70. The second-order valence-electron chi connectivity index (χ2n) is 5.77. The summed E-state index contributed by atoms with van der Waals surface area (Å²) >= 11 is 0. The van der Waals surface area contributed by atoms with Gasteiger partial charge in [0.05, 0.1) is 0 Å². The van der Waals surface area contributed by atoms with Crippen molar-refractivity contribution >= 4 is 12.0 Å². The number of benzene rings is 1. The monoisotopic (exact) mass is 272 g/mol. The highest BCUT2D eigenvalue weighted by Crippen LogP contribution is 2.40. The van der Waals surface area contributed by atoms with E-state index in [0.29, 0.717) is 12.2 Å². The molecule has 1 heterocycles. The van der Waals surface area contributed by atoms with Gasteiger partial charge in [0.15, 0.2) is 0 Å². The molecule has 1 aliphatic rings. The van der Waals surface area contributed by atoms with Crippen molar-refractivity contribution in [3.05, 3.63) is 54.3 Å². The fourth-order valence-electron chi connectivity index (χ4n) is 2.23. The van der Waals surface area contributed by atoms with E-state index in [-0.39, 0.29) is 5.97 Å². The third kappa shape index (κ3) is 2.62. The molecule has 106 valence electrons. The van der Waals surface area contributed by atoms with Gasteiger partial charge in [-0.1, -0.05) is 43.5 Å². The first-order chi connectivity index (χ1) is 9.27. The number of hydrogen-bond donors (Lipinski definition) is 0. The average Bonchev–Trinajstić information content (AvgIpc) is 2.36. The third-order valence-electron chi connectivity index (χ3n) is 3.55. The maximum atomic E-state index is 12.3. The Kier molecular flexibility index (Phi) is 3.46. The molecule has 1 aromatic carbocycles. The minimum Gasteiger partial charge on any atom is -0.457 e. The first-order valence-electron chi connectivity index (χ1n) is 6.60. The largest absolute Gasteiger partial charge is 0.457 e. The van der Waals surface area contributed by atoms with Crippen molar-refractivity contribution in [1.29, 1.82) is 0 Å². The molecule has 0 N–H and O–H groups in total. The summed E-state index contributed by atoms with van der Waals surface area (Å²) in [6, 6.07) is 7.88. The molecule has 0 aliphatic carbocycles. The maximum Gasteiger partial charge on any atom is 0.323 e. The highest BCUT2D eigenvalue weighted by atomic mass is 16.7. The summed E-state index contributed by atoms with van der Waals surface area (Å²) in [7, 11) is 0. The van der Waals surface area contributed by atoms with Crippen molar-refractivity contribution in [3.8, 4) is 0 Å². The van der Waals surface area contributed by atoms with Crippen molar-refractivity contribution in [2.45, 2.75) is 33.0 Å². The minimum absolute atomic E-state index is 0.299. The van der Waals surface area contributed by atoms with E-state index >= 15 is 0 Å². The molecule has 1 saturated heterocycles. The molecular weight excluding hydrogens is 252 g/mol. The summed E-state index contributed by atoms with van der Waals surface area (Å²) in [5, 5.41) is 0. The molecule has 3 heteroatoms. The van der Waals surface area contributed by atoms with E-state index in [9.17, 15) is 4.79 Å². The summed E-state index contributed by atoms with van der Waals surface area (Å²) in [5.41, 5.74) is 1.21. The quantitative estimate of drug-likeness (QED) is 0.787. The Morgan fingerprint density at radius 2 is 1.75 bits per heavy atom. The molecule has 0 saturated carbocycles. The van der Waals surface area contributed by atoms with E-state index in [2.05, 4.69) is 13.2 Å². The lowest BCUT2D eigenvalue weighted by Crippen LogP contribution is -2.48. The van der Waals surface area contributed by atoms with E-state index in [4.69, 9.17) is 9.47 Å². The lowest BCUT2D eigenvalue weighted by atomic mass is 9.81. The summed E-state index contributed by atoms with van der Waals surface area (Å²) in [4.78, 5) is 12.3. The zero-order valence-electron chi connectivity index (χ0n) is 12.2. The van der Waals surface area contributed by atoms with Crippen LogP contribution in [0.3, 0.4) is 0 Å². The van der Waals surface area contributed by atoms with Crippen molar-refractivity contribution in [3.63, 3.8) is 0 Å². The molecule has 1 unspecified atom stereocenters. The first kappa shape index (κ1) is 14.4. The van der Waals surface area contributed by atoms with Crippen LogP contribution in [0.2, 0.25) is 0 Å². The maximum absolute atomic E-state index is 12.3. The Labute approximate surface area is 119 Å². The number of hydrogen-bond acceptors (Lipinski definition) is 3. The van der Waals surface area contributed by atoms with Crippen LogP contribution in [-0.4, -0.2) is 11.8 Å². The Morgan fingerprint density at radius 1 is 1.15 bits per heavy atom. The zero-order chi connectivity index (χ0) is 15.0. The molecule has 0 amide bonds. The highest BCUT2D eigenvalue weighted by Gasteiger charge is 2.48. The molecular formula is C17H20O3. The summed E-state index contributed by atoms with van der Waals surface area (Å²) in [6.07, 6.45) is 2.28. The van der Waals surface area contributed by atoms with Gasteiger partial charge in [0.25, 0.3) is 0 Å². The van der Waals surface area contributed by atoms with Crippen LogP contribution in [-0.2, 0) is 20.7 Å². The number of esters is 1. The Bertz CT molecular complexity index is 532. The molecule has 0 bridgehead atoms. The molecule has 0 spiro atoms. The van der Waals surface area contributed by atoms with Crippen molar-refractivity contribution in [2.24, 2.45) is 5.41 Å². The van der Waals surface area contributed by atoms with Crippen molar-refractivity contribution in [1.82, 2.24) is 0 Å². The number of ether oxygens (including phenoxy) is 2. The van der Waals surface area contributed by atoms with E-state index in [1.54, 1.807) is 26.8 Å². The van der Waals surface area contributed by atoms with Gasteiger partial charge in [-0.15, -0.1) is 0 Å². The normalized spacial score (nSPS) is 24.8. The fourth-order valence-corrected chi connectivity index (χ4v) is 2.23. The van der Waals surface area contributed by atoms with Gasteiger partial charge in [0, 0.05) is 13.8 Å². The predicted molar refractivity (Wildman–Crippen MR) is 78.7 cm³/mol. The van der Waals surface area contributed by atoms with Crippen LogP contribution in [0.1, 0.15) is 31.9 Å². The molecule has 0 radical (unpaired) electrons. The Balaban J connectivity index is 2.24. The van der Waals surface area contributed by atoms with Gasteiger partial charge in [-0.2, -0.15) is 0 Å². The molecule has 20 heavy (non-hydrogen) atoms. The third-order valence-corrected chi connectivity index (χ3v) is 3.55. The lowest BCUT2D eigenvalue weighted by molar-refractivity contribution is -0.238. The van der Waals surface area contributed by atoms with Crippen molar-refractivity contribution < 1.29 is 14.3 Å².